The highest BCUT2D eigenvalue weighted by Gasteiger charge is 2.40. The average Bonchev–Trinajstić information content (AvgIpc) is 2.97. The van der Waals surface area contributed by atoms with Crippen molar-refractivity contribution in [3.05, 3.63) is 100 Å². The summed E-state index contributed by atoms with van der Waals surface area (Å²) in [5.74, 6) is 0. The van der Waals surface area contributed by atoms with Gasteiger partial charge in [-0.15, -0.1) is 0 Å². The van der Waals surface area contributed by atoms with Gasteiger partial charge in [0.1, 0.15) is 13.2 Å². The monoisotopic (exact) mass is 430 g/mol. The number of quaternary nitrogens is 1. The van der Waals surface area contributed by atoms with Gasteiger partial charge in [0.05, 0.1) is 11.2 Å². The number of aromatic nitrogens is 1. The quantitative estimate of drug-likeness (QED) is 0.297. The first kappa shape index (κ1) is 19.4. The highest BCUT2D eigenvalue weighted by Crippen LogP contribution is 2.37. The number of fused-ring (bicyclic) bond motifs is 2. The van der Waals surface area contributed by atoms with Crippen molar-refractivity contribution < 1.29 is 4.39 Å². The summed E-state index contributed by atoms with van der Waals surface area (Å²) in [6.07, 6.45) is 0. The standard InChI is InChI=1S/C24H19BCl2N3/c25-30(15-21-12-11-19-6-3-4-8-22(19)28-21)16-29(23(26)24(30)27)14-17-9-10-18-5-1-2-7-20(18)13-17/h1-13H,14-16H2/q+1. The molecule has 0 fully saturated rings. The summed E-state index contributed by atoms with van der Waals surface area (Å²) in [6, 6.07) is 26.8. The molecule has 2 heterocycles. The molecule has 3 nitrogen and oxygen atoms in total. The normalized spacial score (nSPS) is 19.2. The Morgan fingerprint density at radius 1 is 0.867 bits per heavy atom. The maximum absolute atomic E-state index is 6.69. The second kappa shape index (κ2) is 7.62. The van der Waals surface area contributed by atoms with Gasteiger partial charge in [0.2, 0.25) is 5.16 Å². The minimum atomic E-state index is 0.0132. The molecule has 0 saturated carbocycles. The molecular weight excluding hydrogens is 412 g/mol. The van der Waals surface area contributed by atoms with Crippen LogP contribution >= 0.6 is 23.2 Å². The Kier molecular flexibility index (Phi) is 4.94. The predicted octanol–water partition coefficient (Wildman–Crippen LogP) is 5.87. The molecule has 2 radical (unpaired) electrons. The SMILES string of the molecule is [B][N+]1(Cc2ccc3ccccc3n2)CN(Cc2ccc3ccccc3c2)C(Cl)=C1Cl. The van der Waals surface area contributed by atoms with Crippen LogP contribution in [0.2, 0.25) is 0 Å². The van der Waals surface area contributed by atoms with Crippen LogP contribution in [0.15, 0.2) is 89.2 Å². The second-order valence-corrected chi connectivity index (χ2v) is 8.51. The van der Waals surface area contributed by atoms with E-state index in [1.165, 1.54) is 10.8 Å². The number of benzene rings is 3. The van der Waals surface area contributed by atoms with E-state index in [2.05, 4.69) is 36.4 Å². The van der Waals surface area contributed by atoms with Crippen molar-refractivity contribution in [3.63, 3.8) is 0 Å². The molecule has 0 amide bonds. The van der Waals surface area contributed by atoms with Crippen LogP contribution in [-0.4, -0.2) is 28.9 Å². The van der Waals surface area contributed by atoms with Crippen LogP contribution in [0.1, 0.15) is 11.3 Å². The lowest BCUT2D eigenvalue weighted by atomic mass is 10.1. The Morgan fingerprint density at radius 2 is 1.57 bits per heavy atom. The Hall–Kier alpha value is -2.53. The summed E-state index contributed by atoms with van der Waals surface area (Å²) in [4.78, 5) is 6.77. The fraction of sp³-hybridized carbons (Fsp3) is 0.125. The molecule has 1 aromatic heterocycles. The van der Waals surface area contributed by atoms with Crippen molar-refractivity contribution in [2.75, 3.05) is 6.67 Å². The van der Waals surface area contributed by atoms with E-state index in [-0.39, 0.29) is 4.39 Å². The smallest absolute Gasteiger partial charge is 0.329 e. The van der Waals surface area contributed by atoms with Gasteiger partial charge in [0.25, 0.3) is 0 Å². The molecule has 0 N–H and O–H groups in total. The van der Waals surface area contributed by atoms with E-state index in [1.807, 2.05) is 47.4 Å². The molecule has 5 rings (SSSR count). The van der Waals surface area contributed by atoms with E-state index in [1.54, 1.807) is 0 Å². The molecule has 0 saturated heterocycles. The Morgan fingerprint density at radius 3 is 2.40 bits per heavy atom. The first-order chi connectivity index (χ1) is 14.5. The summed E-state index contributed by atoms with van der Waals surface area (Å²) in [5.41, 5.74) is 2.99. The predicted molar refractivity (Wildman–Crippen MR) is 125 cm³/mol. The van der Waals surface area contributed by atoms with Crippen molar-refractivity contribution in [3.8, 4) is 0 Å². The van der Waals surface area contributed by atoms with E-state index in [9.17, 15) is 0 Å². The fourth-order valence-electron chi connectivity index (χ4n) is 4.02. The van der Waals surface area contributed by atoms with Crippen molar-refractivity contribution >= 4 is 52.9 Å². The molecule has 1 unspecified atom stereocenters. The summed E-state index contributed by atoms with van der Waals surface area (Å²) in [6.45, 7) is 1.59. The summed E-state index contributed by atoms with van der Waals surface area (Å²) < 4.78 is 0.0132. The number of hydrogen-bond acceptors (Lipinski definition) is 2. The van der Waals surface area contributed by atoms with Gasteiger partial charge in [-0.05, 0) is 46.1 Å². The molecule has 1 atom stereocenters. The van der Waals surface area contributed by atoms with E-state index >= 15 is 0 Å². The topological polar surface area (TPSA) is 16.1 Å². The minimum absolute atomic E-state index is 0.0132. The van der Waals surface area contributed by atoms with Crippen LogP contribution in [0.3, 0.4) is 0 Å². The van der Waals surface area contributed by atoms with Crippen LogP contribution < -0.4 is 0 Å². The third-order valence-electron chi connectivity index (χ3n) is 5.55. The third kappa shape index (κ3) is 3.56. The second-order valence-electron chi connectivity index (χ2n) is 7.79. The van der Waals surface area contributed by atoms with Crippen LogP contribution in [-0.2, 0) is 13.1 Å². The van der Waals surface area contributed by atoms with Gasteiger partial charge in [0.15, 0.2) is 5.16 Å². The molecule has 3 aromatic carbocycles. The van der Waals surface area contributed by atoms with Crippen molar-refractivity contribution in [1.29, 1.82) is 0 Å². The fourth-order valence-corrected chi connectivity index (χ4v) is 4.54. The number of pyridine rings is 1. The molecular formula is C24H19BCl2N3+. The maximum Gasteiger partial charge on any atom is 0.489 e. The van der Waals surface area contributed by atoms with Crippen molar-refractivity contribution in [2.45, 2.75) is 13.1 Å². The highest BCUT2D eigenvalue weighted by molar-refractivity contribution is 6.39. The highest BCUT2D eigenvalue weighted by atomic mass is 35.5. The summed E-state index contributed by atoms with van der Waals surface area (Å²) in [7, 11) is 6.69. The van der Waals surface area contributed by atoms with Crippen LogP contribution in [0, 0.1) is 0 Å². The van der Waals surface area contributed by atoms with Gasteiger partial charge in [0, 0.05) is 11.9 Å². The molecule has 0 aliphatic carbocycles. The summed E-state index contributed by atoms with van der Waals surface area (Å²) >= 11 is 13.2. The lowest BCUT2D eigenvalue weighted by molar-refractivity contribution is -0.786. The average molecular weight is 431 g/mol. The Balaban J connectivity index is 1.38. The van der Waals surface area contributed by atoms with Crippen LogP contribution in [0.4, 0.5) is 0 Å². The number of hydrogen-bond donors (Lipinski definition) is 0. The molecule has 30 heavy (non-hydrogen) atoms. The number of rotatable bonds is 4. The molecule has 4 aromatic rings. The minimum Gasteiger partial charge on any atom is -0.329 e. The molecule has 1 aliphatic rings. The number of para-hydroxylation sites is 1. The first-order valence-corrected chi connectivity index (χ1v) is 10.6. The third-order valence-corrected chi connectivity index (χ3v) is 6.58. The zero-order valence-corrected chi connectivity index (χ0v) is 17.8. The maximum atomic E-state index is 6.69. The van der Waals surface area contributed by atoms with Gasteiger partial charge in [-0.2, -0.15) is 0 Å². The van der Waals surface area contributed by atoms with Gasteiger partial charge in [-0.25, -0.2) is 4.98 Å². The lowest BCUT2D eigenvalue weighted by Gasteiger charge is -2.30. The van der Waals surface area contributed by atoms with E-state index in [4.69, 9.17) is 36.2 Å². The van der Waals surface area contributed by atoms with Crippen molar-refractivity contribution in [2.24, 2.45) is 0 Å². The van der Waals surface area contributed by atoms with Crippen molar-refractivity contribution in [1.82, 2.24) is 9.88 Å². The van der Waals surface area contributed by atoms with Gasteiger partial charge < -0.3 is 9.29 Å². The molecule has 0 spiro atoms. The first-order valence-electron chi connectivity index (χ1n) is 9.81. The Bertz CT molecular complexity index is 1290. The Labute approximate surface area is 187 Å². The van der Waals surface area contributed by atoms with E-state index in [0.717, 1.165) is 22.2 Å². The van der Waals surface area contributed by atoms with Gasteiger partial charge >= 0.3 is 7.98 Å². The van der Waals surface area contributed by atoms with E-state index in [0.29, 0.717) is 30.1 Å². The molecule has 0 bridgehead atoms. The number of nitrogens with zero attached hydrogens (tertiary/aromatic N) is 3. The zero-order chi connectivity index (χ0) is 20.7. The molecule has 1 aliphatic heterocycles. The summed E-state index contributed by atoms with van der Waals surface area (Å²) in [5, 5.41) is 4.45. The van der Waals surface area contributed by atoms with Gasteiger partial charge in [-0.1, -0.05) is 72.3 Å². The zero-order valence-electron chi connectivity index (χ0n) is 16.3. The van der Waals surface area contributed by atoms with Crippen LogP contribution in [0.5, 0.6) is 0 Å². The van der Waals surface area contributed by atoms with E-state index < -0.39 is 0 Å². The van der Waals surface area contributed by atoms with Crippen LogP contribution in [0.25, 0.3) is 21.7 Å². The number of halogens is 2. The lowest BCUT2D eigenvalue weighted by Crippen LogP contribution is -2.43. The molecule has 146 valence electrons. The molecule has 6 heteroatoms. The van der Waals surface area contributed by atoms with Gasteiger partial charge in [-0.3, -0.25) is 0 Å². The largest absolute Gasteiger partial charge is 0.489 e.